The van der Waals surface area contributed by atoms with Gasteiger partial charge in [0.05, 0.1) is 16.8 Å². The molecule has 36 heavy (non-hydrogen) atoms. The second kappa shape index (κ2) is 10.1. The van der Waals surface area contributed by atoms with E-state index in [2.05, 4.69) is 17.0 Å². The number of aromatic nitrogens is 2. The van der Waals surface area contributed by atoms with E-state index < -0.39 is 0 Å². The Kier molecular flexibility index (Phi) is 6.54. The molecule has 0 atom stereocenters. The zero-order valence-electron chi connectivity index (χ0n) is 20.1. The molecule has 0 N–H and O–H groups in total. The molecule has 8 heteroatoms. The van der Waals surface area contributed by atoms with Crippen LogP contribution in [0.25, 0.3) is 15.9 Å². The van der Waals surface area contributed by atoms with E-state index in [9.17, 15) is 9.59 Å². The third kappa shape index (κ3) is 4.44. The van der Waals surface area contributed by atoms with E-state index >= 15 is 0 Å². The smallest absolute Gasteiger partial charge is 0.267 e. The standard InChI is InChI=1S/C28H28N4O2S2/c33-24(31-17-15-30(16-18-31)20-9-3-1-4-10-20)19-35-28-29-26-25(22-13-7-8-14-23(22)36-26)27(34)32(28)21-11-5-2-6-12-21/h1-6,9-12H,7-8,13-19H2. The van der Waals surface area contributed by atoms with Gasteiger partial charge < -0.3 is 9.80 Å². The van der Waals surface area contributed by atoms with E-state index in [1.165, 1.54) is 34.3 Å². The van der Waals surface area contributed by atoms with Crippen LogP contribution >= 0.6 is 23.1 Å². The fourth-order valence-electron chi connectivity index (χ4n) is 5.16. The molecule has 0 radical (unpaired) electrons. The van der Waals surface area contributed by atoms with E-state index in [-0.39, 0.29) is 17.2 Å². The molecule has 1 saturated heterocycles. The molecule has 3 heterocycles. The maximum Gasteiger partial charge on any atom is 0.267 e. The van der Waals surface area contributed by atoms with Gasteiger partial charge in [-0.05, 0) is 55.5 Å². The van der Waals surface area contributed by atoms with Gasteiger partial charge in [0, 0.05) is 36.7 Å². The summed E-state index contributed by atoms with van der Waals surface area (Å²) in [4.78, 5) is 38.3. The number of carbonyl (C=O) groups excluding carboxylic acids is 1. The number of hydrogen-bond acceptors (Lipinski definition) is 6. The average molecular weight is 517 g/mol. The van der Waals surface area contributed by atoms with Crippen LogP contribution in [0.5, 0.6) is 0 Å². The van der Waals surface area contributed by atoms with Crippen LogP contribution in [0, 0.1) is 0 Å². The molecule has 0 spiro atoms. The fourth-order valence-corrected chi connectivity index (χ4v) is 7.38. The Labute approximate surface area is 218 Å². The highest BCUT2D eigenvalue weighted by Crippen LogP contribution is 2.35. The quantitative estimate of drug-likeness (QED) is 0.283. The van der Waals surface area contributed by atoms with Crippen molar-refractivity contribution < 1.29 is 4.79 Å². The first kappa shape index (κ1) is 23.3. The molecular weight excluding hydrogens is 488 g/mol. The van der Waals surface area contributed by atoms with Crippen LogP contribution in [0.1, 0.15) is 23.3 Å². The Balaban J connectivity index is 1.24. The molecule has 184 valence electrons. The molecule has 0 bridgehead atoms. The number of amides is 1. The molecule has 1 aliphatic carbocycles. The van der Waals surface area contributed by atoms with Gasteiger partial charge in [-0.25, -0.2) is 4.98 Å². The average Bonchev–Trinajstić information content (AvgIpc) is 3.31. The number of para-hydroxylation sites is 2. The van der Waals surface area contributed by atoms with Crippen molar-refractivity contribution in [2.24, 2.45) is 0 Å². The maximum absolute atomic E-state index is 13.8. The molecule has 2 aromatic carbocycles. The minimum Gasteiger partial charge on any atom is -0.368 e. The lowest BCUT2D eigenvalue weighted by Gasteiger charge is -2.36. The topological polar surface area (TPSA) is 58.4 Å². The van der Waals surface area contributed by atoms with Gasteiger partial charge in [-0.2, -0.15) is 0 Å². The molecular formula is C28H28N4O2S2. The summed E-state index contributed by atoms with van der Waals surface area (Å²) in [6.45, 7) is 3.04. The first-order valence-corrected chi connectivity index (χ1v) is 14.3. The highest BCUT2D eigenvalue weighted by molar-refractivity contribution is 7.99. The predicted octanol–water partition coefficient (Wildman–Crippen LogP) is 4.77. The molecule has 1 fully saturated rings. The van der Waals surface area contributed by atoms with Crippen LogP contribution < -0.4 is 10.5 Å². The van der Waals surface area contributed by atoms with Crippen LogP contribution in [0.15, 0.2) is 70.6 Å². The van der Waals surface area contributed by atoms with E-state index in [0.29, 0.717) is 18.2 Å². The lowest BCUT2D eigenvalue weighted by molar-refractivity contribution is -0.128. The lowest BCUT2D eigenvalue weighted by atomic mass is 9.97. The predicted molar refractivity (Wildman–Crippen MR) is 148 cm³/mol. The zero-order valence-corrected chi connectivity index (χ0v) is 21.7. The van der Waals surface area contributed by atoms with Gasteiger partial charge in [-0.3, -0.25) is 14.2 Å². The third-order valence-electron chi connectivity index (χ3n) is 7.05. The summed E-state index contributed by atoms with van der Waals surface area (Å²) in [6, 6.07) is 20.0. The van der Waals surface area contributed by atoms with Crippen molar-refractivity contribution in [1.82, 2.24) is 14.5 Å². The van der Waals surface area contributed by atoms with Gasteiger partial charge in [0.25, 0.3) is 5.56 Å². The first-order chi connectivity index (χ1) is 17.7. The van der Waals surface area contributed by atoms with Gasteiger partial charge in [-0.15, -0.1) is 11.3 Å². The Morgan fingerprint density at radius 3 is 2.28 bits per heavy atom. The van der Waals surface area contributed by atoms with Crippen molar-refractivity contribution in [2.45, 2.75) is 30.8 Å². The summed E-state index contributed by atoms with van der Waals surface area (Å²) in [5.41, 5.74) is 3.16. The number of anilines is 1. The molecule has 2 aromatic heterocycles. The van der Waals surface area contributed by atoms with Gasteiger partial charge in [0.15, 0.2) is 5.16 Å². The molecule has 0 saturated carbocycles. The number of thiophene rings is 1. The van der Waals surface area contributed by atoms with E-state index in [0.717, 1.165) is 48.3 Å². The summed E-state index contributed by atoms with van der Waals surface area (Å²) < 4.78 is 1.70. The van der Waals surface area contributed by atoms with Crippen molar-refractivity contribution >= 4 is 44.9 Å². The number of benzene rings is 2. The first-order valence-electron chi connectivity index (χ1n) is 12.5. The number of fused-ring (bicyclic) bond motifs is 3. The van der Waals surface area contributed by atoms with Crippen molar-refractivity contribution in [1.29, 1.82) is 0 Å². The van der Waals surface area contributed by atoms with Gasteiger partial charge in [0.2, 0.25) is 5.91 Å². The third-order valence-corrected chi connectivity index (χ3v) is 9.16. The number of thioether (sulfide) groups is 1. The SMILES string of the molecule is O=C(CSc1nc2sc3c(c2c(=O)n1-c1ccccc1)CCCC3)N1CCN(c2ccccc2)CC1. The molecule has 0 unspecified atom stereocenters. The number of piperazine rings is 1. The molecule has 1 aliphatic heterocycles. The summed E-state index contributed by atoms with van der Waals surface area (Å²) in [5, 5.41) is 1.36. The van der Waals surface area contributed by atoms with Gasteiger partial charge in [-0.1, -0.05) is 48.2 Å². The second-order valence-electron chi connectivity index (χ2n) is 9.25. The van der Waals surface area contributed by atoms with Crippen LogP contribution in [0.3, 0.4) is 0 Å². The van der Waals surface area contributed by atoms with E-state index in [1.54, 1.807) is 15.9 Å². The monoisotopic (exact) mass is 516 g/mol. The maximum atomic E-state index is 13.8. The van der Waals surface area contributed by atoms with Crippen LogP contribution in [-0.2, 0) is 17.6 Å². The van der Waals surface area contributed by atoms with Crippen molar-refractivity contribution in [3.05, 3.63) is 81.5 Å². The Hall–Kier alpha value is -3.10. The molecule has 6 nitrogen and oxygen atoms in total. The largest absolute Gasteiger partial charge is 0.368 e. The number of rotatable bonds is 5. The van der Waals surface area contributed by atoms with Gasteiger partial charge in [0.1, 0.15) is 4.83 Å². The molecule has 2 aliphatic rings. The van der Waals surface area contributed by atoms with E-state index in [4.69, 9.17) is 4.98 Å². The lowest BCUT2D eigenvalue weighted by Crippen LogP contribution is -2.49. The number of carbonyl (C=O) groups is 1. The molecule has 1 amide bonds. The van der Waals surface area contributed by atoms with Crippen molar-refractivity contribution in [2.75, 3.05) is 36.8 Å². The van der Waals surface area contributed by atoms with Crippen molar-refractivity contribution in [3.8, 4) is 5.69 Å². The van der Waals surface area contributed by atoms with Crippen LogP contribution in [0.2, 0.25) is 0 Å². The highest BCUT2D eigenvalue weighted by Gasteiger charge is 2.25. The van der Waals surface area contributed by atoms with E-state index in [1.807, 2.05) is 53.4 Å². The number of aryl methyl sites for hydroxylation is 2. The Morgan fingerprint density at radius 1 is 0.889 bits per heavy atom. The van der Waals surface area contributed by atoms with Crippen LogP contribution in [-0.4, -0.2) is 52.3 Å². The normalized spacial score (nSPS) is 15.8. The number of nitrogens with zero attached hydrogens (tertiary/aromatic N) is 4. The molecule has 4 aromatic rings. The number of hydrogen-bond donors (Lipinski definition) is 0. The Morgan fingerprint density at radius 2 is 1.56 bits per heavy atom. The summed E-state index contributed by atoms with van der Waals surface area (Å²) >= 11 is 3.02. The summed E-state index contributed by atoms with van der Waals surface area (Å²) in [6.07, 6.45) is 4.25. The highest BCUT2D eigenvalue weighted by atomic mass is 32.2. The summed E-state index contributed by atoms with van der Waals surface area (Å²) in [5.74, 6) is 0.355. The Bertz CT molecular complexity index is 1440. The zero-order chi connectivity index (χ0) is 24.5. The fraction of sp³-hybridized carbons (Fsp3) is 0.321. The van der Waals surface area contributed by atoms with Crippen molar-refractivity contribution in [3.63, 3.8) is 0 Å². The minimum absolute atomic E-state index is 0.0166. The summed E-state index contributed by atoms with van der Waals surface area (Å²) in [7, 11) is 0. The minimum atomic E-state index is -0.0166. The van der Waals surface area contributed by atoms with Gasteiger partial charge >= 0.3 is 0 Å². The van der Waals surface area contributed by atoms with Crippen LogP contribution in [0.4, 0.5) is 5.69 Å². The molecule has 6 rings (SSSR count). The second-order valence-corrected chi connectivity index (χ2v) is 11.3.